The van der Waals surface area contributed by atoms with Crippen molar-refractivity contribution in [3.8, 4) is 0 Å². The maximum atomic E-state index is 4.28. The van der Waals surface area contributed by atoms with E-state index in [0.717, 1.165) is 32.0 Å². The number of aliphatic imine (C=N–C) groups is 1. The molecule has 0 fully saturated rings. The van der Waals surface area contributed by atoms with Crippen molar-refractivity contribution >= 4 is 41.3 Å². The number of halogens is 1. The third-order valence-electron chi connectivity index (χ3n) is 3.45. The number of nitrogens with one attached hydrogen (secondary N) is 2. The number of aromatic nitrogens is 2. The first kappa shape index (κ1) is 20.0. The van der Waals surface area contributed by atoms with Crippen LogP contribution in [0.3, 0.4) is 0 Å². The van der Waals surface area contributed by atoms with Gasteiger partial charge in [0.25, 0.3) is 0 Å². The van der Waals surface area contributed by atoms with Crippen LogP contribution in [0.1, 0.15) is 29.7 Å². The van der Waals surface area contributed by atoms with Crippen molar-refractivity contribution in [3.63, 3.8) is 0 Å². The van der Waals surface area contributed by atoms with Crippen LogP contribution in [-0.4, -0.2) is 35.9 Å². The van der Waals surface area contributed by atoms with E-state index in [2.05, 4.69) is 58.3 Å². The normalized spacial score (nSPS) is 12.6. The zero-order valence-corrected chi connectivity index (χ0v) is 17.1. The lowest BCUT2D eigenvalue weighted by Crippen LogP contribution is -2.39. The second kappa shape index (κ2) is 10.6. The number of rotatable bonds is 7. The maximum Gasteiger partial charge on any atom is 0.190 e. The first-order valence-electron chi connectivity index (χ1n) is 7.66. The first-order chi connectivity index (χ1) is 10.7. The average Bonchev–Trinajstić information content (AvgIpc) is 3.18. The number of hydrogen-bond donors (Lipinski definition) is 2. The summed E-state index contributed by atoms with van der Waals surface area (Å²) in [4.78, 5) is 5.67. The van der Waals surface area contributed by atoms with E-state index >= 15 is 0 Å². The molecule has 2 rings (SSSR count). The minimum absolute atomic E-state index is 0. The van der Waals surface area contributed by atoms with Crippen molar-refractivity contribution in [2.75, 3.05) is 20.1 Å². The topological polar surface area (TPSA) is 54.2 Å². The molecule has 0 spiro atoms. The summed E-state index contributed by atoms with van der Waals surface area (Å²) in [6.07, 6.45) is 4.97. The Balaban J connectivity index is 0.00000264. The zero-order valence-electron chi connectivity index (χ0n) is 14.0. The zero-order chi connectivity index (χ0) is 15.8. The van der Waals surface area contributed by atoms with E-state index in [-0.39, 0.29) is 24.0 Å². The van der Waals surface area contributed by atoms with Crippen LogP contribution in [0.15, 0.2) is 34.9 Å². The summed E-state index contributed by atoms with van der Waals surface area (Å²) in [5.74, 6) is 1.35. The van der Waals surface area contributed by atoms with Crippen molar-refractivity contribution < 1.29 is 0 Å². The van der Waals surface area contributed by atoms with Crippen LogP contribution in [0, 0.1) is 6.92 Å². The molecule has 0 saturated heterocycles. The fourth-order valence-corrected chi connectivity index (χ4v) is 2.97. The van der Waals surface area contributed by atoms with Crippen LogP contribution in [0.25, 0.3) is 0 Å². The van der Waals surface area contributed by atoms with Gasteiger partial charge in [-0.1, -0.05) is 13.0 Å². The molecule has 128 valence electrons. The summed E-state index contributed by atoms with van der Waals surface area (Å²) in [6, 6.07) is 4.28. The Morgan fingerprint density at radius 3 is 2.87 bits per heavy atom. The fraction of sp³-hybridized carbons (Fsp3) is 0.500. The van der Waals surface area contributed by atoms with Gasteiger partial charge in [-0.15, -0.1) is 35.3 Å². The van der Waals surface area contributed by atoms with Gasteiger partial charge in [0.1, 0.15) is 0 Å². The molecule has 2 heterocycles. The average molecular weight is 447 g/mol. The van der Waals surface area contributed by atoms with Crippen LogP contribution in [0.4, 0.5) is 0 Å². The molecule has 2 aromatic heterocycles. The summed E-state index contributed by atoms with van der Waals surface area (Å²) < 4.78 is 1.98. The molecule has 23 heavy (non-hydrogen) atoms. The summed E-state index contributed by atoms with van der Waals surface area (Å²) in [5.41, 5.74) is 1.20. The van der Waals surface area contributed by atoms with Crippen molar-refractivity contribution in [1.82, 2.24) is 20.4 Å². The van der Waals surface area contributed by atoms with Gasteiger partial charge < -0.3 is 10.6 Å². The van der Waals surface area contributed by atoms with Crippen molar-refractivity contribution in [1.29, 1.82) is 0 Å². The molecule has 0 saturated carbocycles. The smallest absolute Gasteiger partial charge is 0.190 e. The molecule has 5 nitrogen and oxygen atoms in total. The standard InChI is InChI=1S/C16H25N5S.HI/c1-13-10-20-21(12-13)8-5-7-18-16(17-3)19-11-14(2)15-6-4-9-22-15;/h4,6,9-10,12,14H,5,7-8,11H2,1-3H3,(H2,17,18,19);1H. The highest BCUT2D eigenvalue weighted by Gasteiger charge is 2.07. The Bertz CT molecular complexity index is 579. The summed E-state index contributed by atoms with van der Waals surface area (Å²) in [6.45, 7) is 6.97. The van der Waals surface area contributed by atoms with E-state index in [9.17, 15) is 0 Å². The Morgan fingerprint density at radius 1 is 1.43 bits per heavy atom. The maximum absolute atomic E-state index is 4.28. The molecule has 0 bridgehead atoms. The quantitative estimate of drug-likeness (QED) is 0.297. The highest BCUT2D eigenvalue weighted by molar-refractivity contribution is 14.0. The highest BCUT2D eigenvalue weighted by atomic mass is 127. The van der Waals surface area contributed by atoms with Crippen LogP contribution in [0.2, 0.25) is 0 Å². The Labute approximate surface area is 159 Å². The molecule has 0 amide bonds. The molecular formula is C16H26IN5S. The lowest BCUT2D eigenvalue weighted by molar-refractivity contribution is 0.569. The van der Waals surface area contributed by atoms with Crippen molar-refractivity contribution in [2.45, 2.75) is 32.7 Å². The van der Waals surface area contributed by atoms with Gasteiger partial charge in [-0.05, 0) is 30.4 Å². The van der Waals surface area contributed by atoms with E-state index in [0.29, 0.717) is 5.92 Å². The predicted molar refractivity (Wildman–Crippen MR) is 109 cm³/mol. The molecule has 1 unspecified atom stereocenters. The number of guanidine groups is 1. The molecule has 0 aromatic carbocycles. The molecule has 0 aliphatic heterocycles. The summed E-state index contributed by atoms with van der Waals surface area (Å²) in [7, 11) is 1.81. The largest absolute Gasteiger partial charge is 0.356 e. The van der Waals surface area contributed by atoms with E-state index < -0.39 is 0 Å². The molecule has 0 aliphatic rings. The molecule has 2 aromatic rings. The van der Waals surface area contributed by atoms with Crippen LogP contribution in [-0.2, 0) is 6.54 Å². The van der Waals surface area contributed by atoms with Gasteiger partial charge in [0.15, 0.2) is 5.96 Å². The number of hydrogen-bond acceptors (Lipinski definition) is 3. The highest BCUT2D eigenvalue weighted by Crippen LogP contribution is 2.19. The SMILES string of the molecule is CN=C(NCCCn1cc(C)cn1)NCC(C)c1cccs1.I. The lowest BCUT2D eigenvalue weighted by atomic mass is 10.1. The van der Waals surface area contributed by atoms with Gasteiger partial charge in [0.2, 0.25) is 0 Å². The summed E-state index contributed by atoms with van der Waals surface area (Å²) >= 11 is 1.80. The lowest BCUT2D eigenvalue weighted by Gasteiger charge is -2.15. The van der Waals surface area contributed by atoms with Gasteiger partial charge in [-0.25, -0.2) is 0 Å². The van der Waals surface area contributed by atoms with Crippen molar-refractivity contribution in [3.05, 3.63) is 40.3 Å². The van der Waals surface area contributed by atoms with Gasteiger partial charge in [-0.2, -0.15) is 5.10 Å². The Hall–Kier alpha value is -1.09. The molecular weight excluding hydrogens is 421 g/mol. The Morgan fingerprint density at radius 2 is 2.26 bits per heavy atom. The summed E-state index contributed by atoms with van der Waals surface area (Å²) in [5, 5.41) is 13.1. The van der Waals surface area contributed by atoms with Gasteiger partial charge >= 0.3 is 0 Å². The molecule has 0 radical (unpaired) electrons. The number of thiophene rings is 1. The van der Waals surface area contributed by atoms with Gasteiger partial charge in [0, 0.05) is 43.7 Å². The molecule has 0 aliphatic carbocycles. The second-order valence-corrected chi connectivity index (χ2v) is 6.41. The van der Waals surface area contributed by atoms with E-state index in [4.69, 9.17) is 0 Å². The van der Waals surface area contributed by atoms with Crippen LogP contribution < -0.4 is 10.6 Å². The molecule has 7 heteroatoms. The predicted octanol–water partition coefficient (Wildman–Crippen LogP) is 3.23. The van der Waals surface area contributed by atoms with Crippen molar-refractivity contribution in [2.24, 2.45) is 4.99 Å². The minimum atomic E-state index is 0. The molecule has 2 N–H and O–H groups in total. The van der Waals surface area contributed by atoms with E-state index in [1.165, 1.54) is 10.4 Å². The number of aryl methyl sites for hydroxylation is 2. The van der Waals surface area contributed by atoms with E-state index in [1.54, 1.807) is 11.3 Å². The minimum Gasteiger partial charge on any atom is -0.356 e. The molecule has 1 atom stereocenters. The monoisotopic (exact) mass is 447 g/mol. The van der Waals surface area contributed by atoms with Gasteiger partial charge in [-0.3, -0.25) is 9.67 Å². The van der Waals surface area contributed by atoms with Gasteiger partial charge in [0.05, 0.1) is 6.20 Å². The fourth-order valence-electron chi connectivity index (χ4n) is 2.18. The van der Waals surface area contributed by atoms with Crippen LogP contribution >= 0.6 is 35.3 Å². The van der Waals surface area contributed by atoms with Crippen LogP contribution in [0.5, 0.6) is 0 Å². The first-order valence-corrected chi connectivity index (χ1v) is 8.54. The Kier molecular flexibility index (Phi) is 9.23. The number of nitrogens with zero attached hydrogens (tertiary/aromatic N) is 3. The third kappa shape index (κ3) is 6.90. The third-order valence-corrected chi connectivity index (χ3v) is 4.55. The second-order valence-electron chi connectivity index (χ2n) is 5.43. The van der Waals surface area contributed by atoms with E-state index in [1.807, 2.05) is 17.9 Å².